The minimum atomic E-state index is -1.69. The fraction of sp³-hybridized carbons (Fsp3) is 0.826. The van der Waals surface area contributed by atoms with E-state index >= 15 is 0 Å². The van der Waals surface area contributed by atoms with Crippen molar-refractivity contribution in [1.82, 2.24) is 0 Å². The molecule has 1 aliphatic rings. The van der Waals surface area contributed by atoms with Gasteiger partial charge in [-0.15, -0.1) is 0 Å². The standard InChI is InChI=1S/C23H44NP/c1-10-17-21(4,5)25(22(6,7)18-11-2,23(8,9)19-12-3)24-20-15-13-14-16-20/h13-15H,10-12,16-19H2,1-9H3. The van der Waals surface area contributed by atoms with Gasteiger partial charge >= 0.3 is 0 Å². The molecule has 0 aromatic rings. The third-order valence-corrected chi connectivity index (χ3v) is 12.7. The molecule has 2 heteroatoms. The van der Waals surface area contributed by atoms with Gasteiger partial charge in [-0.2, -0.15) is 0 Å². The molecule has 0 N–H and O–H groups in total. The molecule has 1 aliphatic carbocycles. The van der Waals surface area contributed by atoms with Gasteiger partial charge in [-0.3, -0.25) is 4.74 Å². The molecule has 1 nitrogen and oxygen atoms in total. The number of hydrogen-bond donors (Lipinski definition) is 0. The summed E-state index contributed by atoms with van der Waals surface area (Å²) in [6.07, 6.45) is 15.3. The Morgan fingerprint density at radius 1 is 0.800 bits per heavy atom. The molecular formula is C23H44NP. The van der Waals surface area contributed by atoms with E-state index in [4.69, 9.17) is 4.74 Å². The van der Waals surface area contributed by atoms with Crippen molar-refractivity contribution in [3.05, 3.63) is 23.9 Å². The van der Waals surface area contributed by atoms with Crippen LogP contribution in [-0.2, 0) is 0 Å². The minimum absolute atomic E-state index is 0.266. The summed E-state index contributed by atoms with van der Waals surface area (Å²) in [7, 11) is -1.69. The molecule has 0 bridgehead atoms. The highest BCUT2D eigenvalue weighted by Crippen LogP contribution is 2.80. The topological polar surface area (TPSA) is 12.4 Å². The average Bonchev–Trinajstić information content (AvgIpc) is 2.96. The lowest BCUT2D eigenvalue weighted by molar-refractivity contribution is 0.498. The quantitative estimate of drug-likeness (QED) is 0.343. The largest absolute Gasteiger partial charge is 0.270 e. The van der Waals surface area contributed by atoms with Crippen molar-refractivity contribution < 1.29 is 0 Å². The Labute approximate surface area is 158 Å². The van der Waals surface area contributed by atoms with Crippen molar-refractivity contribution in [2.24, 2.45) is 4.74 Å². The van der Waals surface area contributed by atoms with Crippen LogP contribution in [0.4, 0.5) is 0 Å². The lowest BCUT2D eigenvalue weighted by atomic mass is 10.1. The first-order valence-corrected chi connectivity index (χ1v) is 12.2. The molecule has 0 radical (unpaired) electrons. The van der Waals surface area contributed by atoms with Crippen LogP contribution in [0.3, 0.4) is 0 Å². The monoisotopic (exact) mass is 365 g/mol. The zero-order valence-electron chi connectivity index (χ0n) is 18.6. The smallest absolute Gasteiger partial charge is 0.0425 e. The molecule has 0 atom stereocenters. The Hall–Kier alpha value is -0.290. The van der Waals surface area contributed by atoms with E-state index in [-0.39, 0.29) is 15.5 Å². The molecule has 0 heterocycles. The van der Waals surface area contributed by atoms with Crippen LogP contribution < -0.4 is 0 Å². The molecule has 0 fully saturated rings. The van der Waals surface area contributed by atoms with Crippen molar-refractivity contribution in [1.29, 1.82) is 0 Å². The summed E-state index contributed by atoms with van der Waals surface area (Å²) in [6, 6.07) is 0. The van der Waals surface area contributed by atoms with E-state index in [9.17, 15) is 0 Å². The summed E-state index contributed by atoms with van der Waals surface area (Å²) in [6.45, 7) is 22.2. The second-order valence-electron chi connectivity index (χ2n) is 9.71. The number of allylic oxidation sites excluding steroid dienone is 3. The third kappa shape index (κ3) is 4.35. The maximum Gasteiger partial charge on any atom is 0.0425 e. The third-order valence-electron chi connectivity index (χ3n) is 6.24. The number of nitrogens with zero attached hydrogens (tertiary/aromatic N) is 1. The van der Waals surface area contributed by atoms with E-state index in [0.717, 1.165) is 6.42 Å². The average molecular weight is 366 g/mol. The van der Waals surface area contributed by atoms with Gasteiger partial charge in [0.2, 0.25) is 0 Å². The molecule has 0 aromatic heterocycles. The van der Waals surface area contributed by atoms with Crippen LogP contribution in [-0.4, -0.2) is 15.5 Å². The van der Waals surface area contributed by atoms with Gasteiger partial charge in [0.1, 0.15) is 0 Å². The fourth-order valence-electron chi connectivity index (χ4n) is 5.89. The summed E-state index contributed by atoms with van der Waals surface area (Å²) in [4.78, 5) is 0. The maximum absolute atomic E-state index is 5.79. The van der Waals surface area contributed by atoms with Crippen LogP contribution in [0.1, 0.15) is 107 Å². The first kappa shape index (κ1) is 22.8. The van der Waals surface area contributed by atoms with Gasteiger partial charge in [-0.1, -0.05) is 93.7 Å². The molecule has 0 aliphatic heterocycles. The van der Waals surface area contributed by atoms with Crippen molar-refractivity contribution in [3.63, 3.8) is 0 Å². The highest BCUT2D eigenvalue weighted by atomic mass is 31.2. The number of rotatable bonds is 10. The zero-order chi connectivity index (χ0) is 19.4. The van der Waals surface area contributed by atoms with Gasteiger partial charge in [0, 0.05) is 27.6 Å². The summed E-state index contributed by atoms with van der Waals surface area (Å²) >= 11 is 0. The molecule has 0 aromatic carbocycles. The molecule has 1 rings (SSSR count). The van der Waals surface area contributed by atoms with Crippen LogP contribution in [0.25, 0.3) is 0 Å². The fourth-order valence-corrected chi connectivity index (χ4v) is 13.8. The lowest BCUT2D eigenvalue weighted by Gasteiger charge is -2.58. The van der Waals surface area contributed by atoms with E-state index < -0.39 is 7.05 Å². The van der Waals surface area contributed by atoms with Crippen LogP contribution in [0.15, 0.2) is 28.7 Å². The van der Waals surface area contributed by atoms with Gasteiger partial charge in [-0.25, -0.2) is 0 Å². The van der Waals surface area contributed by atoms with Crippen LogP contribution in [0, 0.1) is 0 Å². The van der Waals surface area contributed by atoms with E-state index in [0.29, 0.717) is 0 Å². The molecule has 0 amide bonds. The summed E-state index contributed by atoms with van der Waals surface area (Å²) in [5.74, 6) is 0. The van der Waals surface area contributed by atoms with Crippen molar-refractivity contribution in [2.75, 3.05) is 0 Å². The van der Waals surface area contributed by atoms with E-state index in [1.165, 1.54) is 44.2 Å². The molecule has 25 heavy (non-hydrogen) atoms. The zero-order valence-corrected chi connectivity index (χ0v) is 19.5. The van der Waals surface area contributed by atoms with Gasteiger partial charge in [0.15, 0.2) is 0 Å². The second-order valence-corrected chi connectivity index (χ2v) is 14.8. The van der Waals surface area contributed by atoms with Crippen LogP contribution in [0.2, 0.25) is 0 Å². The Morgan fingerprint density at radius 2 is 1.20 bits per heavy atom. The summed E-state index contributed by atoms with van der Waals surface area (Å²) in [5, 5.41) is 0.799. The van der Waals surface area contributed by atoms with Gasteiger partial charge in [0.25, 0.3) is 0 Å². The lowest BCUT2D eigenvalue weighted by Crippen LogP contribution is -2.43. The highest BCUT2D eigenvalue weighted by molar-refractivity contribution is 7.71. The maximum atomic E-state index is 5.79. The normalized spacial score (nSPS) is 16.3. The molecule has 0 unspecified atom stereocenters. The first-order valence-electron chi connectivity index (χ1n) is 10.5. The van der Waals surface area contributed by atoms with E-state index in [1.54, 1.807) is 0 Å². The Morgan fingerprint density at radius 3 is 1.48 bits per heavy atom. The molecular weight excluding hydrogens is 321 g/mol. The first-order chi connectivity index (χ1) is 11.5. The number of hydrogen-bond acceptors (Lipinski definition) is 1. The van der Waals surface area contributed by atoms with Crippen molar-refractivity contribution in [2.45, 2.75) is 123 Å². The second kappa shape index (κ2) is 8.60. The Kier molecular flexibility index (Phi) is 7.83. The van der Waals surface area contributed by atoms with E-state index in [1.807, 2.05) is 0 Å². The van der Waals surface area contributed by atoms with Gasteiger partial charge < -0.3 is 0 Å². The van der Waals surface area contributed by atoms with E-state index in [2.05, 4.69) is 80.5 Å². The van der Waals surface area contributed by atoms with Crippen molar-refractivity contribution >= 4 is 7.05 Å². The Balaban J connectivity index is 3.81. The minimum Gasteiger partial charge on any atom is -0.270 e. The van der Waals surface area contributed by atoms with Gasteiger partial charge in [0.05, 0.1) is 0 Å². The highest BCUT2D eigenvalue weighted by Gasteiger charge is 2.55. The molecule has 0 saturated carbocycles. The SMILES string of the molecule is CCCC(C)(C)P(=NC1=CC=CC1)(C(C)(C)CCC)C(C)(C)CCC. The van der Waals surface area contributed by atoms with Gasteiger partial charge in [-0.05, 0) is 32.4 Å². The van der Waals surface area contributed by atoms with Crippen molar-refractivity contribution in [3.8, 4) is 0 Å². The summed E-state index contributed by atoms with van der Waals surface area (Å²) < 4.78 is 5.79. The predicted octanol–water partition coefficient (Wildman–Crippen LogP) is 8.77. The summed E-state index contributed by atoms with van der Waals surface area (Å²) in [5.41, 5.74) is 1.32. The Bertz CT molecular complexity index is 494. The van der Waals surface area contributed by atoms with Crippen LogP contribution in [0.5, 0.6) is 0 Å². The van der Waals surface area contributed by atoms with Crippen LogP contribution >= 0.6 is 7.05 Å². The molecule has 0 saturated heterocycles. The molecule has 146 valence electrons. The molecule has 0 spiro atoms. The predicted molar refractivity (Wildman–Crippen MR) is 118 cm³/mol.